The van der Waals surface area contributed by atoms with E-state index in [0.29, 0.717) is 11.4 Å². The number of benzene rings is 1. The predicted octanol–water partition coefficient (Wildman–Crippen LogP) is 0.456. The Kier molecular flexibility index (Phi) is 2.47. The van der Waals surface area contributed by atoms with Gasteiger partial charge in [-0.05, 0) is 18.2 Å². The van der Waals surface area contributed by atoms with E-state index in [4.69, 9.17) is 10.8 Å². The Morgan fingerprint density at radius 3 is 2.59 bits per heavy atom. The van der Waals surface area contributed by atoms with Crippen LogP contribution in [0, 0.1) is 0 Å². The van der Waals surface area contributed by atoms with Crippen LogP contribution >= 0.6 is 0 Å². The topological polar surface area (TPSA) is 90.2 Å². The fourth-order valence-corrected chi connectivity index (χ4v) is 1.58. The average Bonchev–Trinajstić information content (AvgIpc) is 2.60. The molecule has 0 spiro atoms. The second kappa shape index (κ2) is 3.82. The summed E-state index contributed by atoms with van der Waals surface area (Å²) >= 11 is 0. The molecule has 0 fully saturated rings. The van der Waals surface area contributed by atoms with Crippen molar-refractivity contribution in [1.82, 2.24) is 9.13 Å². The van der Waals surface area contributed by atoms with Crippen LogP contribution in [-0.2, 0) is 7.05 Å². The highest BCUT2D eigenvalue weighted by Crippen LogP contribution is 2.16. The Balaban J connectivity index is 2.71. The van der Waals surface area contributed by atoms with E-state index in [-0.39, 0.29) is 11.3 Å². The fourth-order valence-electron chi connectivity index (χ4n) is 1.58. The molecule has 0 amide bonds. The van der Waals surface area contributed by atoms with E-state index in [1.165, 1.54) is 27.5 Å². The maximum Gasteiger partial charge on any atom is 0.337 e. The van der Waals surface area contributed by atoms with Gasteiger partial charge in [0, 0.05) is 25.1 Å². The molecule has 0 saturated heterocycles. The molecule has 0 unspecified atom stereocenters. The van der Waals surface area contributed by atoms with Gasteiger partial charge >= 0.3 is 11.7 Å². The number of hydrogen-bond donors (Lipinski definition) is 2. The van der Waals surface area contributed by atoms with Gasteiger partial charge in [-0.25, -0.2) is 9.59 Å². The van der Waals surface area contributed by atoms with Crippen molar-refractivity contribution in [3.8, 4) is 5.69 Å². The van der Waals surface area contributed by atoms with Crippen LogP contribution in [0.4, 0.5) is 5.69 Å². The fraction of sp³-hybridized carbons (Fsp3) is 0.0909. The number of anilines is 1. The number of aryl methyl sites for hydroxylation is 1. The SMILES string of the molecule is Cn1ccn(-c2ccc(N)cc2C(=O)O)c1=O. The molecule has 0 aliphatic carbocycles. The van der Waals surface area contributed by atoms with Gasteiger partial charge in [-0.3, -0.25) is 4.57 Å². The molecular weight excluding hydrogens is 222 g/mol. The summed E-state index contributed by atoms with van der Waals surface area (Å²) < 4.78 is 2.63. The molecule has 0 bridgehead atoms. The molecule has 17 heavy (non-hydrogen) atoms. The van der Waals surface area contributed by atoms with Crippen LogP contribution in [0.15, 0.2) is 35.4 Å². The summed E-state index contributed by atoms with van der Waals surface area (Å²) in [5.74, 6) is -1.12. The third kappa shape index (κ3) is 1.80. The van der Waals surface area contributed by atoms with Crippen molar-refractivity contribution < 1.29 is 9.90 Å². The third-order valence-corrected chi connectivity index (χ3v) is 2.46. The summed E-state index contributed by atoms with van der Waals surface area (Å²) in [5.41, 5.74) is 5.87. The molecule has 0 aliphatic heterocycles. The van der Waals surface area contributed by atoms with Gasteiger partial charge < -0.3 is 15.4 Å². The van der Waals surface area contributed by atoms with Gasteiger partial charge in [0.05, 0.1) is 11.3 Å². The minimum absolute atomic E-state index is 0.00157. The first-order chi connectivity index (χ1) is 8.00. The monoisotopic (exact) mass is 233 g/mol. The average molecular weight is 233 g/mol. The lowest BCUT2D eigenvalue weighted by atomic mass is 10.1. The largest absolute Gasteiger partial charge is 0.478 e. The normalized spacial score (nSPS) is 10.4. The van der Waals surface area contributed by atoms with E-state index >= 15 is 0 Å². The minimum Gasteiger partial charge on any atom is -0.478 e. The molecule has 2 rings (SSSR count). The van der Waals surface area contributed by atoms with E-state index in [9.17, 15) is 9.59 Å². The molecular formula is C11H11N3O3. The zero-order valence-electron chi connectivity index (χ0n) is 9.12. The van der Waals surface area contributed by atoms with Gasteiger partial charge in [-0.15, -0.1) is 0 Å². The number of rotatable bonds is 2. The van der Waals surface area contributed by atoms with Crippen LogP contribution in [0.3, 0.4) is 0 Å². The van der Waals surface area contributed by atoms with Crippen molar-refractivity contribution in [3.05, 3.63) is 46.6 Å². The van der Waals surface area contributed by atoms with Gasteiger partial charge in [0.1, 0.15) is 0 Å². The molecule has 1 aromatic carbocycles. The van der Waals surface area contributed by atoms with Crippen molar-refractivity contribution in [2.24, 2.45) is 7.05 Å². The number of carboxylic acid groups (broad SMARTS) is 1. The zero-order chi connectivity index (χ0) is 12.6. The van der Waals surface area contributed by atoms with Crippen molar-refractivity contribution in [2.75, 3.05) is 5.73 Å². The van der Waals surface area contributed by atoms with E-state index in [2.05, 4.69) is 0 Å². The van der Waals surface area contributed by atoms with E-state index in [1.807, 2.05) is 0 Å². The first-order valence-corrected chi connectivity index (χ1v) is 4.88. The summed E-state index contributed by atoms with van der Waals surface area (Å²) in [6, 6.07) is 4.40. The number of nitrogens with two attached hydrogens (primary N) is 1. The number of carboxylic acids is 1. The highest BCUT2D eigenvalue weighted by Gasteiger charge is 2.13. The lowest BCUT2D eigenvalue weighted by molar-refractivity contribution is 0.0697. The second-order valence-corrected chi connectivity index (χ2v) is 3.64. The summed E-state index contributed by atoms with van der Waals surface area (Å²) in [4.78, 5) is 22.8. The lowest BCUT2D eigenvalue weighted by Gasteiger charge is -2.06. The first-order valence-electron chi connectivity index (χ1n) is 4.88. The first kappa shape index (κ1) is 11.0. The molecule has 0 radical (unpaired) electrons. The molecule has 3 N–H and O–H groups in total. The highest BCUT2D eigenvalue weighted by molar-refractivity contribution is 5.93. The summed E-state index contributed by atoms with van der Waals surface area (Å²) in [5, 5.41) is 9.07. The molecule has 6 heteroatoms. The number of imidazole rings is 1. The van der Waals surface area contributed by atoms with Crippen LogP contribution in [-0.4, -0.2) is 20.2 Å². The quantitative estimate of drug-likeness (QED) is 0.737. The third-order valence-electron chi connectivity index (χ3n) is 2.46. The zero-order valence-corrected chi connectivity index (χ0v) is 9.12. The Labute approximate surface area is 96.5 Å². The smallest absolute Gasteiger partial charge is 0.337 e. The molecule has 0 aliphatic rings. The van der Waals surface area contributed by atoms with Crippen molar-refractivity contribution in [1.29, 1.82) is 0 Å². The lowest BCUT2D eigenvalue weighted by Crippen LogP contribution is -2.22. The molecule has 6 nitrogen and oxygen atoms in total. The predicted molar refractivity (Wildman–Crippen MR) is 62.4 cm³/mol. The van der Waals surface area contributed by atoms with Crippen molar-refractivity contribution in [3.63, 3.8) is 0 Å². The Morgan fingerprint density at radius 1 is 1.35 bits per heavy atom. The number of hydrogen-bond acceptors (Lipinski definition) is 3. The summed E-state index contributed by atoms with van der Waals surface area (Å²) in [6.45, 7) is 0. The Morgan fingerprint density at radius 2 is 2.06 bits per heavy atom. The Hall–Kier alpha value is -2.50. The standard InChI is InChI=1S/C11H11N3O3/c1-13-4-5-14(11(13)17)9-3-2-7(12)6-8(9)10(15)16/h2-6H,12H2,1H3,(H,15,16). The number of aromatic carboxylic acids is 1. The summed E-state index contributed by atoms with van der Waals surface area (Å²) in [7, 11) is 1.59. The Bertz CT molecular complexity index is 640. The highest BCUT2D eigenvalue weighted by atomic mass is 16.4. The van der Waals surface area contributed by atoms with Gasteiger partial charge in [0.15, 0.2) is 0 Å². The molecule has 1 heterocycles. The molecule has 0 saturated carbocycles. The molecule has 1 aromatic heterocycles. The minimum atomic E-state index is -1.12. The van der Waals surface area contributed by atoms with Gasteiger partial charge in [0.2, 0.25) is 0 Å². The van der Waals surface area contributed by atoms with E-state index < -0.39 is 5.97 Å². The number of nitrogens with zero attached hydrogens (tertiary/aromatic N) is 2. The molecule has 88 valence electrons. The van der Waals surface area contributed by atoms with Crippen molar-refractivity contribution in [2.45, 2.75) is 0 Å². The van der Waals surface area contributed by atoms with Crippen LogP contribution in [0.1, 0.15) is 10.4 Å². The van der Waals surface area contributed by atoms with Gasteiger partial charge in [-0.2, -0.15) is 0 Å². The maximum atomic E-state index is 11.7. The van der Waals surface area contributed by atoms with E-state index in [1.54, 1.807) is 19.3 Å². The van der Waals surface area contributed by atoms with Crippen LogP contribution in [0.5, 0.6) is 0 Å². The molecule has 2 aromatic rings. The maximum absolute atomic E-state index is 11.7. The number of nitrogen functional groups attached to an aromatic ring is 1. The van der Waals surface area contributed by atoms with Gasteiger partial charge in [-0.1, -0.05) is 0 Å². The van der Waals surface area contributed by atoms with Crippen LogP contribution in [0.25, 0.3) is 5.69 Å². The number of aromatic nitrogens is 2. The molecule has 0 atom stereocenters. The summed E-state index contributed by atoms with van der Waals surface area (Å²) in [6.07, 6.45) is 3.07. The van der Waals surface area contributed by atoms with Crippen molar-refractivity contribution >= 4 is 11.7 Å². The van der Waals surface area contributed by atoms with Crippen LogP contribution in [0.2, 0.25) is 0 Å². The van der Waals surface area contributed by atoms with Crippen LogP contribution < -0.4 is 11.4 Å². The van der Waals surface area contributed by atoms with Gasteiger partial charge in [0.25, 0.3) is 0 Å². The van der Waals surface area contributed by atoms with E-state index in [0.717, 1.165) is 0 Å². The second-order valence-electron chi connectivity index (χ2n) is 3.64. The number of carbonyl (C=O) groups is 1.